The molecule has 0 unspecified atom stereocenters. The first kappa shape index (κ1) is 16.1. The minimum Gasteiger partial charge on any atom is -0.352 e. The molecule has 0 fully saturated rings. The molecule has 2 aromatic rings. The molecular weight excluding hydrogens is 280 g/mol. The van der Waals surface area contributed by atoms with Gasteiger partial charge in [-0.05, 0) is 24.1 Å². The third-order valence-electron chi connectivity index (χ3n) is 2.70. The molecule has 0 bridgehead atoms. The fourth-order valence-electron chi connectivity index (χ4n) is 1.63. The number of aromatic nitrogens is 4. The minimum absolute atomic E-state index is 0. The SMILES string of the molecule is Cl.NCc1ccc(C(=O)NCCCc2nn[nH]n2)cc1. The van der Waals surface area contributed by atoms with Crippen LogP contribution in [0.15, 0.2) is 24.3 Å². The number of amides is 1. The van der Waals surface area contributed by atoms with Crippen LogP contribution in [0.5, 0.6) is 0 Å². The quantitative estimate of drug-likeness (QED) is 0.670. The van der Waals surface area contributed by atoms with Gasteiger partial charge in [0.05, 0.1) is 0 Å². The number of benzene rings is 1. The summed E-state index contributed by atoms with van der Waals surface area (Å²) in [6.07, 6.45) is 1.45. The highest BCUT2D eigenvalue weighted by molar-refractivity contribution is 5.94. The van der Waals surface area contributed by atoms with Gasteiger partial charge in [-0.3, -0.25) is 4.79 Å². The van der Waals surface area contributed by atoms with Crippen molar-refractivity contribution >= 4 is 18.3 Å². The Hall–Kier alpha value is -1.99. The van der Waals surface area contributed by atoms with Crippen LogP contribution in [0, 0.1) is 0 Å². The van der Waals surface area contributed by atoms with E-state index in [2.05, 4.69) is 25.9 Å². The monoisotopic (exact) mass is 296 g/mol. The zero-order valence-corrected chi connectivity index (χ0v) is 11.7. The summed E-state index contributed by atoms with van der Waals surface area (Å²) in [5, 5.41) is 16.4. The maximum Gasteiger partial charge on any atom is 0.251 e. The maximum atomic E-state index is 11.8. The normalized spacial score (nSPS) is 9.85. The second-order valence-electron chi connectivity index (χ2n) is 4.09. The van der Waals surface area contributed by atoms with E-state index in [4.69, 9.17) is 5.73 Å². The van der Waals surface area contributed by atoms with Gasteiger partial charge in [0.2, 0.25) is 0 Å². The summed E-state index contributed by atoms with van der Waals surface area (Å²) in [5.41, 5.74) is 7.14. The Labute approximate surface area is 122 Å². The standard InChI is InChI=1S/C12H16N6O.ClH/c13-8-9-3-5-10(6-4-9)12(19)14-7-1-2-11-15-17-18-16-11;/h3-6H,1-2,7-8,13H2,(H,14,19)(H,15,16,17,18);1H. The van der Waals surface area contributed by atoms with Gasteiger partial charge in [0.25, 0.3) is 5.91 Å². The molecule has 0 aliphatic rings. The first-order valence-corrected chi connectivity index (χ1v) is 6.09. The second-order valence-corrected chi connectivity index (χ2v) is 4.09. The van der Waals surface area contributed by atoms with Gasteiger partial charge in [0.1, 0.15) is 0 Å². The summed E-state index contributed by atoms with van der Waals surface area (Å²) in [6.45, 7) is 1.05. The van der Waals surface area contributed by atoms with Gasteiger partial charge in [0, 0.05) is 25.1 Å². The van der Waals surface area contributed by atoms with Crippen LogP contribution in [0.2, 0.25) is 0 Å². The maximum absolute atomic E-state index is 11.8. The molecule has 0 radical (unpaired) electrons. The van der Waals surface area contributed by atoms with E-state index in [1.807, 2.05) is 12.1 Å². The zero-order chi connectivity index (χ0) is 13.5. The molecule has 1 aromatic heterocycles. The van der Waals surface area contributed by atoms with Crippen molar-refractivity contribution in [1.82, 2.24) is 25.9 Å². The van der Waals surface area contributed by atoms with Crippen molar-refractivity contribution in [3.05, 3.63) is 41.2 Å². The molecule has 1 heterocycles. The van der Waals surface area contributed by atoms with E-state index >= 15 is 0 Å². The number of carbonyl (C=O) groups excluding carboxylic acids is 1. The number of nitrogens with zero attached hydrogens (tertiary/aromatic N) is 3. The number of hydrogen-bond acceptors (Lipinski definition) is 5. The van der Waals surface area contributed by atoms with E-state index in [1.54, 1.807) is 12.1 Å². The number of tetrazole rings is 1. The van der Waals surface area contributed by atoms with Crippen LogP contribution in [0.3, 0.4) is 0 Å². The third kappa shape index (κ3) is 4.60. The largest absolute Gasteiger partial charge is 0.352 e. The van der Waals surface area contributed by atoms with E-state index in [0.717, 1.165) is 12.0 Å². The van der Waals surface area contributed by atoms with E-state index in [1.165, 1.54) is 0 Å². The predicted molar refractivity (Wildman–Crippen MR) is 76.4 cm³/mol. The van der Waals surface area contributed by atoms with Crippen LogP contribution >= 0.6 is 12.4 Å². The number of halogens is 1. The molecule has 0 atom stereocenters. The number of nitrogens with two attached hydrogens (primary N) is 1. The van der Waals surface area contributed by atoms with E-state index in [9.17, 15) is 4.79 Å². The number of aryl methyl sites for hydroxylation is 1. The van der Waals surface area contributed by atoms with Crippen molar-refractivity contribution in [1.29, 1.82) is 0 Å². The average Bonchev–Trinajstić information content (AvgIpc) is 2.96. The number of rotatable bonds is 6. The lowest BCUT2D eigenvalue weighted by molar-refractivity contribution is 0.0953. The lowest BCUT2D eigenvalue weighted by Crippen LogP contribution is -2.24. The number of hydrogen-bond donors (Lipinski definition) is 3. The first-order chi connectivity index (χ1) is 9.29. The van der Waals surface area contributed by atoms with Crippen LogP contribution in [-0.2, 0) is 13.0 Å². The van der Waals surface area contributed by atoms with Crippen LogP contribution in [0.4, 0.5) is 0 Å². The van der Waals surface area contributed by atoms with Gasteiger partial charge in [-0.15, -0.1) is 22.6 Å². The molecule has 1 aromatic carbocycles. The topological polar surface area (TPSA) is 110 Å². The highest BCUT2D eigenvalue weighted by atomic mass is 35.5. The van der Waals surface area contributed by atoms with Gasteiger partial charge < -0.3 is 11.1 Å². The van der Waals surface area contributed by atoms with E-state index in [-0.39, 0.29) is 18.3 Å². The van der Waals surface area contributed by atoms with Crippen molar-refractivity contribution in [2.24, 2.45) is 5.73 Å². The van der Waals surface area contributed by atoms with Crippen molar-refractivity contribution in [2.75, 3.05) is 6.54 Å². The van der Waals surface area contributed by atoms with Crippen LogP contribution in [-0.4, -0.2) is 33.1 Å². The number of aromatic amines is 1. The fourth-order valence-corrected chi connectivity index (χ4v) is 1.63. The molecule has 0 saturated carbocycles. The van der Waals surface area contributed by atoms with Crippen molar-refractivity contribution in [2.45, 2.75) is 19.4 Å². The highest BCUT2D eigenvalue weighted by Gasteiger charge is 2.05. The van der Waals surface area contributed by atoms with Gasteiger partial charge in [-0.25, -0.2) is 0 Å². The molecular formula is C12H17ClN6O. The Morgan fingerprint density at radius 3 is 2.65 bits per heavy atom. The van der Waals surface area contributed by atoms with Crippen LogP contribution < -0.4 is 11.1 Å². The summed E-state index contributed by atoms with van der Waals surface area (Å²) in [7, 11) is 0. The van der Waals surface area contributed by atoms with E-state index in [0.29, 0.717) is 30.9 Å². The molecule has 7 nitrogen and oxygen atoms in total. The molecule has 20 heavy (non-hydrogen) atoms. The molecule has 1 amide bonds. The first-order valence-electron chi connectivity index (χ1n) is 6.09. The Morgan fingerprint density at radius 2 is 2.05 bits per heavy atom. The molecule has 0 spiro atoms. The zero-order valence-electron chi connectivity index (χ0n) is 10.9. The summed E-state index contributed by atoms with van der Waals surface area (Å²) >= 11 is 0. The lowest BCUT2D eigenvalue weighted by atomic mass is 10.1. The molecule has 8 heteroatoms. The van der Waals surface area contributed by atoms with Crippen molar-refractivity contribution in [3.63, 3.8) is 0 Å². The Balaban J connectivity index is 0.00000200. The third-order valence-corrected chi connectivity index (χ3v) is 2.70. The summed E-state index contributed by atoms with van der Waals surface area (Å²) in [4.78, 5) is 11.8. The number of carbonyl (C=O) groups is 1. The molecule has 0 aliphatic carbocycles. The number of nitrogens with one attached hydrogen (secondary N) is 2. The lowest BCUT2D eigenvalue weighted by Gasteiger charge is -2.05. The van der Waals surface area contributed by atoms with Crippen molar-refractivity contribution in [3.8, 4) is 0 Å². The molecule has 0 aliphatic heterocycles. The predicted octanol–water partition coefficient (Wildman–Crippen LogP) is 0.443. The van der Waals surface area contributed by atoms with Gasteiger partial charge in [-0.2, -0.15) is 5.21 Å². The Morgan fingerprint density at radius 1 is 1.30 bits per heavy atom. The Bertz CT molecular complexity index is 513. The summed E-state index contributed by atoms with van der Waals surface area (Å²) in [5.74, 6) is 0.568. The van der Waals surface area contributed by atoms with Gasteiger partial charge in [0.15, 0.2) is 5.82 Å². The minimum atomic E-state index is -0.0864. The van der Waals surface area contributed by atoms with Gasteiger partial charge in [-0.1, -0.05) is 17.3 Å². The molecule has 108 valence electrons. The van der Waals surface area contributed by atoms with Crippen LogP contribution in [0.1, 0.15) is 28.2 Å². The van der Waals surface area contributed by atoms with Crippen molar-refractivity contribution < 1.29 is 4.79 Å². The molecule has 2 rings (SSSR count). The van der Waals surface area contributed by atoms with E-state index < -0.39 is 0 Å². The molecule has 0 saturated heterocycles. The van der Waals surface area contributed by atoms with Crippen LogP contribution in [0.25, 0.3) is 0 Å². The summed E-state index contributed by atoms with van der Waals surface area (Å²) < 4.78 is 0. The van der Waals surface area contributed by atoms with Gasteiger partial charge >= 0.3 is 0 Å². The summed E-state index contributed by atoms with van der Waals surface area (Å²) in [6, 6.07) is 7.26. The highest BCUT2D eigenvalue weighted by Crippen LogP contribution is 2.03. The fraction of sp³-hybridized carbons (Fsp3) is 0.333. The smallest absolute Gasteiger partial charge is 0.251 e. The average molecular weight is 297 g/mol. The Kier molecular flexibility index (Phi) is 6.61. The number of H-pyrrole nitrogens is 1. The molecule has 4 N–H and O–H groups in total. The second kappa shape index (κ2) is 8.23.